The molecule has 0 amide bonds. The molecule has 0 N–H and O–H groups in total. The molecule has 0 radical (unpaired) electrons. The van der Waals surface area contributed by atoms with Gasteiger partial charge in [0.25, 0.3) is 5.69 Å². The standard InChI is InChI=1S/C21H20N2O4/c24-21(18-9-11-19(12-10-18)23(25)26)8-4-7-20(17-5-2-1-3-6-17)22-13-15-27-16-14-22/h1-12H,13-16H2/b8-4+,20-7+. The molecule has 0 spiro atoms. The summed E-state index contributed by atoms with van der Waals surface area (Å²) >= 11 is 0. The summed E-state index contributed by atoms with van der Waals surface area (Å²) in [6, 6.07) is 15.6. The summed E-state index contributed by atoms with van der Waals surface area (Å²) in [5, 5.41) is 10.7. The molecule has 0 aromatic heterocycles. The number of carbonyl (C=O) groups excluding carboxylic acids is 1. The Morgan fingerprint density at radius 3 is 2.30 bits per heavy atom. The van der Waals surface area contributed by atoms with Gasteiger partial charge in [-0.1, -0.05) is 36.4 Å². The topological polar surface area (TPSA) is 72.7 Å². The number of ketones is 1. The first-order chi connectivity index (χ1) is 13.1. The minimum absolute atomic E-state index is 0.0332. The molecule has 2 aromatic rings. The predicted molar refractivity (Wildman–Crippen MR) is 103 cm³/mol. The van der Waals surface area contributed by atoms with E-state index in [1.165, 1.54) is 30.3 Å². The van der Waals surface area contributed by atoms with Crippen LogP contribution in [0.2, 0.25) is 0 Å². The summed E-state index contributed by atoms with van der Waals surface area (Å²) < 4.78 is 5.42. The van der Waals surface area contributed by atoms with Crippen molar-refractivity contribution in [3.63, 3.8) is 0 Å². The van der Waals surface area contributed by atoms with E-state index >= 15 is 0 Å². The van der Waals surface area contributed by atoms with Crippen molar-refractivity contribution < 1.29 is 14.5 Å². The largest absolute Gasteiger partial charge is 0.378 e. The molecule has 6 nitrogen and oxygen atoms in total. The van der Waals surface area contributed by atoms with Crippen molar-refractivity contribution in [2.24, 2.45) is 0 Å². The molecule has 0 aliphatic carbocycles. The van der Waals surface area contributed by atoms with Crippen LogP contribution in [0.15, 0.2) is 72.8 Å². The second kappa shape index (κ2) is 8.91. The second-order valence-corrected chi connectivity index (χ2v) is 6.04. The van der Waals surface area contributed by atoms with Gasteiger partial charge >= 0.3 is 0 Å². The van der Waals surface area contributed by atoms with Gasteiger partial charge in [0.2, 0.25) is 0 Å². The third-order valence-corrected chi connectivity index (χ3v) is 4.29. The van der Waals surface area contributed by atoms with Crippen LogP contribution in [-0.2, 0) is 4.74 Å². The van der Waals surface area contributed by atoms with E-state index in [1.54, 1.807) is 6.08 Å². The number of morpholine rings is 1. The van der Waals surface area contributed by atoms with E-state index in [0.717, 1.165) is 24.4 Å². The third kappa shape index (κ3) is 4.89. The molecular formula is C21H20N2O4. The summed E-state index contributed by atoms with van der Waals surface area (Å²) in [7, 11) is 0. The summed E-state index contributed by atoms with van der Waals surface area (Å²) in [6.07, 6.45) is 5.12. The minimum atomic E-state index is -0.485. The maximum Gasteiger partial charge on any atom is 0.269 e. The normalized spacial score (nSPS) is 15.1. The first-order valence-corrected chi connectivity index (χ1v) is 8.70. The molecule has 6 heteroatoms. The van der Waals surface area contributed by atoms with E-state index in [-0.39, 0.29) is 11.5 Å². The molecular weight excluding hydrogens is 344 g/mol. The zero-order chi connectivity index (χ0) is 19.1. The lowest BCUT2D eigenvalue weighted by molar-refractivity contribution is -0.384. The fourth-order valence-corrected chi connectivity index (χ4v) is 2.87. The van der Waals surface area contributed by atoms with Crippen molar-refractivity contribution >= 4 is 17.2 Å². The summed E-state index contributed by atoms with van der Waals surface area (Å²) in [5.74, 6) is -0.199. The molecule has 1 saturated heterocycles. The van der Waals surface area contributed by atoms with E-state index in [0.29, 0.717) is 18.8 Å². The molecule has 138 valence electrons. The van der Waals surface area contributed by atoms with Crippen LogP contribution in [0.3, 0.4) is 0 Å². The highest BCUT2D eigenvalue weighted by Crippen LogP contribution is 2.20. The van der Waals surface area contributed by atoms with Crippen molar-refractivity contribution in [2.45, 2.75) is 0 Å². The molecule has 1 aliphatic rings. The lowest BCUT2D eigenvalue weighted by Crippen LogP contribution is -2.34. The van der Waals surface area contributed by atoms with Crippen LogP contribution in [0.25, 0.3) is 5.70 Å². The van der Waals surface area contributed by atoms with Crippen LogP contribution in [0.5, 0.6) is 0 Å². The number of carbonyl (C=O) groups is 1. The maximum atomic E-state index is 12.3. The fourth-order valence-electron chi connectivity index (χ4n) is 2.87. The maximum absolute atomic E-state index is 12.3. The Hall–Kier alpha value is -3.25. The molecule has 0 atom stereocenters. The number of hydrogen-bond acceptors (Lipinski definition) is 5. The lowest BCUT2D eigenvalue weighted by atomic mass is 10.1. The van der Waals surface area contributed by atoms with Gasteiger partial charge in [0.05, 0.1) is 18.1 Å². The number of nitro benzene ring substituents is 1. The molecule has 1 heterocycles. The monoisotopic (exact) mass is 364 g/mol. The molecule has 27 heavy (non-hydrogen) atoms. The number of nitrogens with zero attached hydrogens (tertiary/aromatic N) is 2. The van der Waals surface area contributed by atoms with Crippen molar-refractivity contribution in [2.75, 3.05) is 26.3 Å². The number of non-ortho nitro benzene ring substituents is 1. The molecule has 1 fully saturated rings. The Bertz CT molecular complexity index is 852. The first-order valence-electron chi connectivity index (χ1n) is 8.70. The summed E-state index contributed by atoms with van der Waals surface area (Å²) in [6.45, 7) is 2.95. The van der Waals surface area contributed by atoms with E-state index in [2.05, 4.69) is 4.90 Å². The van der Waals surface area contributed by atoms with Crippen LogP contribution < -0.4 is 0 Å². The number of ether oxygens (including phenoxy) is 1. The van der Waals surface area contributed by atoms with Gasteiger partial charge in [0, 0.05) is 36.5 Å². The molecule has 1 aliphatic heterocycles. The van der Waals surface area contributed by atoms with Gasteiger partial charge in [-0.05, 0) is 29.8 Å². The Kier molecular flexibility index (Phi) is 6.12. The molecule has 3 rings (SSSR count). The van der Waals surface area contributed by atoms with E-state index in [9.17, 15) is 14.9 Å². The first kappa shape index (κ1) is 18.5. The smallest absolute Gasteiger partial charge is 0.269 e. The minimum Gasteiger partial charge on any atom is -0.378 e. The van der Waals surface area contributed by atoms with Crippen LogP contribution in [-0.4, -0.2) is 41.9 Å². The molecule has 2 aromatic carbocycles. The van der Waals surface area contributed by atoms with E-state index in [4.69, 9.17) is 4.74 Å². The zero-order valence-corrected chi connectivity index (χ0v) is 14.8. The molecule has 0 saturated carbocycles. The Morgan fingerprint density at radius 2 is 1.67 bits per heavy atom. The quantitative estimate of drug-likeness (QED) is 0.257. The number of allylic oxidation sites excluding steroid dienone is 3. The van der Waals surface area contributed by atoms with Crippen molar-refractivity contribution in [1.29, 1.82) is 0 Å². The molecule has 0 unspecified atom stereocenters. The number of nitro groups is 1. The highest BCUT2D eigenvalue weighted by atomic mass is 16.6. The second-order valence-electron chi connectivity index (χ2n) is 6.04. The van der Waals surface area contributed by atoms with Crippen LogP contribution in [0, 0.1) is 10.1 Å². The summed E-state index contributed by atoms with van der Waals surface area (Å²) in [5.41, 5.74) is 2.49. The van der Waals surface area contributed by atoms with Crippen LogP contribution >= 0.6 is 0 Å². The van der Waals surface area contributed by atoms with E-state index < -0.39 is 4.92 Å². The van der Waals surface area contributed by atoms with Gasteiger partial charge in [-0.25, -0.2) is 0 Å². The highest BCUT2D eigenvalue weighted by molar-refractivity contribution is 6.04. The van der Waals surface area contributed by atoms with Crippen LogP contribution in [0.1, 0.15) is 15.9 Å². The van der Waals surface area contributed by atoms with Gasteiger partial charge < -0.3 is 9.64 Å². The third-order valence-electron chi connectivity index (χ3n) is 4.29. The van der Waals surface area contributed by atoms with Gasteiger partial charge in [0.15, 0.2) is 5.78 Å². The fraction of sp³-hybridized carbons (Fsp3) is 0.190. The summed E-state index contributed by atoms with van der Waals surface area (Å²) in [4.78, 5) is 24.8. The van der Waals surface area contributed by atoms with Gasteiger partial charge in [-0.15, -0.1) is 0 Å². The Morgan fingerprint density at radius 1 is 1.00 bits per heavy atom. The van der Waals surface area contributed by atoms with Crippen molar-refractivity contribution in [3.05, 3.63) is 94.1 Å². The average Bonchev–Trinajstić information content (AvgIpc) is 2.72. The number of benzene rings is 2. The number of hydrogen-bond donors (Lipinski definition) is 0. The lowest BCUT2D eigenvalue weighted by Gasteiger charge is -2.31. The Labute approximate surface area is 157 Å². The van der Waals surface area contributed by atoms with Gasteiger partial charge in [-0.2, -0.15) is 0 Å². The Balaban J connectivity index is 1.78. The number of rotatable bonds is 6. The molecule has 0 bridgehead atoms. The van der Waals surface area contributed by atoms with Gasteiger partial charge in [0.1, 0.15) is 0 Å². The van der Waals surface area contributed by atoms with Crippen LogP contribution in [0.4, 0.5) is 5.69 Å². The zero-order valence-electron chi connectivity index (χ0n) is 14.8. The van der Waals surface area contributed by atoms with E-state index in [1.807, 2.05) is 36.4 Å². The predicted octanol–water partition coefficient (Wildman–Crippen LogP) is 3.71. The van der Waals surface area contributed by atoms with Gasteiger partial charge in [-0.3, -0.25) is 14.9 Å². The highest BCUT2D eigenvalue weighted by Gasteiger charge is 2.14. The SMILES string of the molecule is O=C(/C=C/C=C(\c1ccccc1)N1CCOCC1)c1ccc([N+](=O)[O-])cc1. The van der Waals surface area contributed by atoms with Crippen molar-refractivity contribution in [3.8, 4) is 0 Å². The average molecular weight is 364 g/mol. The van der Waals surface area contributed by atoms with Crippen molar-refractivity contribution in [1.82, 2.24) is 4.90 Å².